The highest BCUT2D eigenvalue weighted by molar-refractivity contribution is 6.32. The monoisotopic (exact) mass is 284 g/mol. The summed E-state index contributed by atoms with van der Waals surface area (Å²) in [7, 11) is 3.25. The minimum atomic E-state index is 0.616. The molecule has 0 radical (unpaired) electrons. The minimum Gasteiger partial charge on any atom is -0.493 e. The van der Waals surface area contributed by atoms with Gasteiger partial charge in [0.2, 0.25) is 0 Å². The molecule has 0 unspecified atom stereocenters. The summed E-state index contributed by atoms with van der Waals surface area (Å²) in [6.45, 7) is 0.949. The zero-order valence-electron chi connectivity index (χ0n) is 11.7. The zero-order chi connectivity index (χ0) is 13.7. The van der Waals surface area contributed by atoms with Crippen molar-refractivity contribution in [3.63, 3.8) is 0 Å². The summed E-state index contributed by atoms with van der Waals surface area (Å²) in [5.41, 5.74) is 1.19. The van der Waals surface area contributed by atoms with Gasteiger partial charge in [-0.25, -0.2) is 0 Å². The summed E-state index contributed by atoms with van der Waals surface area (Å²) in [6, 6.07) is 4.76. The fourth-order valence-corrected chi connectivity index (χ4v) is 3.07. The van der Waals surface area contributed by atoms with Crippen LogP contribution in [0.15, 0.2) is 12.1 Å². The molecule has 1 aromatic carbocycles. The molecule has 0 bridgehead atoms. The van der Waals surface area contributed by atoms with Crippen molar-refractivity contribution in [3.05, 3.63) is 22.7 Å². The number of hydrogen-bond donors (Lipinski definition) is 1. The van der Waals surface area contributed by atoms with Gasteiger partial charge in [0, 0.05) is 5.56 Å². The fourth-order valence-electron chi connectivity index (χ4n) is 2.76. The van der Waals surface area contributed by atoms with Crippen molar-refractivity contribution in [2.45, 2.75) is 44.7 Å². The van der Waals surface area contributed by atoms with E-state index in [4.69, 9.17) is 21.1 Å². The first-order valence-electron chi connectivity index (χ1n) is 6.98. The predicted molar refractivity (Wildman–Crippen MR) is 77.1 cm³/mol. The smallest absolute Gasteiger partial charge is 0.179 e. The van der Waals surface area contributed by atoms with Crippen LogP contribution in [0.3, 0.4) is 0 Å². The van der Waals surface area contributed by atoms with E-state index in [0.29, 0.717) is 16.5 Å². The number of halogens is 1. The molecule has 2 rings (SSSR count). The van der Waals surface area contributed by atoms with Crippen molar-refractivity contribution in [1.29, 1.82) is 0 Å². The van der Waals surface area contributed by atoms with E-state index in [1.54, 1.807) is 14.2 Å². The minimum absolute atomic E-state index is 0.616. The van der Waals surface area contributed by atoms with E-state index in [0.717, 1.165) is 12.6 Å². The predicted octanol–water partition coefficient (Wildman–Crippen LogP) is 2.75. The molecule has 106 valence electrons. The third-order valence-corrected chi connectivity index (χ3v) is 4.11. The first-order chi connectivity index (χ1) is 9.24. The first-order valence-corrected chi connectivity index (χ1v) is 7.36. The van der Waals surface area contributed by atoms with Crippen molar-refractivity contribution >= 4 is 11.6 Å². The Balaban J connectivity index is 2.01. The molecular weight excluding hydrogens is 262 g/mol. The molecule has 1 aromatic rings. The van der Waals surface area contributed by atoms with Crippen molar-refractivity contribution in [1.82, 2.24) is 0 Å². The highest BCUT2D eigenvalue weighted by Gasteiger charge is 2.17. The number of hydrogen-bond acceptors (Lipinski definition) is 2. The Kier molecular flexibility index (Phi) is 5.34. The van der Waals surface area contributed by atoms with Crippen LogP contribution in [0.25, 0.3) is 0 Å². The van der Waals surface area contributed by atoms with Crippen LogP contribution in [0.4, 0.5) is 0 Å². The number of benzene rings is 1. The van der Waals surface area contributed by atoms with E-state index in [9.17, 15) is 0 Å². The number of ether oxygens (including phenoxy) is 2. The van der Waals surface area contributed by atoms with Gasteiger partial charge in [-0.1, -0.05) is 18.0 Å². The van der Waals surface area contributed by atoms with Gasteiger partial charge in [-0.15, -0.1) is 0 Å². The van der Waals surface area contributed by atoms with Gasteiger partial charge in [-0.2, -0.15) is 0 Å². The maximum Gasteiger partial charge on any atom is 0.179 e. The van der Waals surface area contributed by atoms with Crippen LogP contribution in [-0.4, -0.2) is 20.3 Å². The summed E-state index contributed by atoms with van der Waals surface area (Å²) in [6.07, 6.45) is 6.80. The molecule has 0 heterocycles. The van der Waals surface area contributed by atoms with E-state index in [1.807, 2.05) is 12.1 Å². The molecule has 0 aliphatic heterocycles. The van der Waals surface area contributed by atoms with Crippen LogP contribution in [-0.2, 0) is 6.54 Å². The molecule has 0 spiro atoms. The largest absolute Gasteiger partial charge is 0.493 e. The van der Waals surface area contributed by atoms with E-state index in [-0.39, 0.29) is 0 Å². The van der Waals surface area contributed by atoms with Crippen LogP contribution in [0.1, 0.15) is 37.7 Å². The second-order valence-corrected chi connectivity index (χ2v) is 5.56. The molecule has 4 heteroatoms. The van der Waals surface area contributed by atoms with Crippen molar-refractivity contribution < 1.29 is 14.8 Å². The van der Waals surface area contributed by atoms with Gasteiger partial charge in [-0.3, -0.25) is 0 Å². The summed E-state index contributed by atoms with van der Waals surface area (Å²) >= 11 is 6.22. The lowest BCUT2D eigenvalue weighted by atomic mass is 9.95. The lowest BCUT2D eigenvalue weighted by Gasteiger charge is -2.20. The van der Waals surface area contributed by atoms with Crippen molar-refractivity contribution in [2.75, 3.05) is 14.2 Å². The molecule has 1 aliphatic carbocycles. The van der Waals surface area contributed by atoms with Crippen LogP contribution in [0, 0.1) is 0 Å². The second kappa shape index (κ2) is 7.01. The molecule has 3 nitrogen and oxygen atoms in total. The van der Waals surface area contributed by atoms with Gasteiger partial charge in [0.15, 0.2) is 11.5 Å². The molecule has 1 saturated carbocycles. The average molecular weight is 285 g/mol. The van der Waals surface area contributed by atoms with Gasteiger partial charge in [-0.05, 0) is 37.8 Å². The molecule has 0 atom stereocenters. The lowest BCUT2D eigenvalue weighted by Crippen LogP contribution is -2.88. The molecule has 0 saturated heterocycles. The Bertz CT molecular complexity index is 417. The third kappa shape index (κ3) is 3.77. The molecule has 1 fully saturated rings. The molecule has 0 aromatic heterocycles. The number of nitrogens with two attached hydrogens (primary N) is 1. The summed E-state index contributed by atoms with van der Waals surface area (Å²) in [5.74, 6) is 1.33. The summed E-state index contributed by atoms with van der Waals surface area (Å²) in [4.78, 5) is 0. The van der Waals surface area contributed by atoms with Crippen LogP contribution in [0.2, 0.25) is 5.02 Å². The Morgan fingerprint density at radius 2 is 1.89 bits per heavy atom. The molecular formula is C15H23ClNO2+. The van der Waals surface area contributed by atoms with E-state index in [2.05, 4.69) is 5.32 Å². The number of rotatable bonds is 5. The maximum atomic E-state index is 6.22. The van der Waals surface area contributed by atoms with Gasteiger partial charge in [0.25, 0.3) is 0 Å². The molecule has 19 heavy (non-hydrogen) atoms. The number of quaternary nitrogens is 1. The summed E-state index contributed by atoms with van der Waals surface area (Å²) in [5, 5.41) is 3.05. The van der Waals surface area contributed by atoms with E-state index >= 15 is 0 Å². The third-order valence-electron chi connectivity index (χ3n) is 3.83. The van der Waals surface area contributed by atoms with Crippen molar-refractivity contribution in [2.24, 2.45) is 0 Å². The standard InChI is InChI=1S/C15H22ClNO2/c1-18-14-9-11(8-13(16)15(14)19-2)10-17-12-6-4-3-5-7-12/h8-9,12,17H,3-7,10H2,1-2H3/p+1. The number of methoxy groups -OCH3 is 2. The Morgan fingerprint density at radius 1 is 1.16 bits per heavy atom. The van der Waals surface area contributed by atoms with Gasteiger partial charge in [0.1, 0.15) is 6.54 Å². The average Bonchev–Trinajstić information content (AvgIpc) is 2.45. The highest BCUT2D eigenvalue weighted by atomic mass is 35.5. The first kappa shape index (κ1) is 14.5. The maximum absolute atomic E-state index is 6.22. The van der Waals surface area contributed by atoms with Crippen LogP contribution < -0.4 is 14.8 Å². The topological polar surface area (TPSA) is 35.1 Å². The van der Waals surface area contributed by atoms with Crippen molar-refractivity contribution in [3.8, 4) is 11.5 Å². The SMILES string of the molecule is COc1cc(C[NH2+]C2CCCCC2)cc(Cl)c1OC. The highest BCUT2D eigenvalue weighted by Crippen LogP contribution is 2.35. The van der Waals surface area contributed by atoms with Gasteiger partial charge in [0.05, 0.1) is 25.3 Å². The normalized spacial score (nSPS) is 16.4. The van der Waals surface area contributed by atoms with Crippen LogP contribution >= 0.6 is 11.6 Å². The van der Waals surface area contributed by atoms with Gasteiger partial charge >= 0.3 is 0 Å². The Labute approximate surface area is 120 Å². The Morgan fingerprint density at radius 3 is 2.53 bits per heavy atom. The van der Waals surface area contributed by atoms with E-state index < -0.39 is 0 Å². The van der Waals surface area contributed by atoms with Gasteiger partial charge < -0.3 is 14.8 Å². The molecule has 1 aliphatic rings. The van der Waals surface area contributed by atoms with Crippen LogP contribution in [0.5, 0.6) is 11.5 Å². The fraction of sp³-hybridized carbons (Fsp3) is 0.600. The second-order valence-electron chi connectivity index (χ2n) is 5.15. The Hall–Kier alpha value is -0.930. The summed E-state index contributed by atoms with van der Waals surface area (Å²) < 4.78 is 10.6. The molecule has 2 N–H and O–H groups in total. The van der Waals surface area contributed by atoms with E-state index in [1.165, 1.54) is 37.7 Å². The molecule has 0 amide bonds. The quantitative estimate of drug-likeness (QED) is 0.902. The zero-order valence-corrected chi connectivity index (χ0v) is 12.5. The lowest BCUT2D eigenvalue weighted by molar-refractivity contribution is -0.706.